The van der Waals surface area contributed by atoms with E-state index in [0.717, 1.165) is 56.7 Å². The van der Waals surface area contributed by atoms with E-state index in [1.165, 1.54) is 0 Å². The normalized spacial score (nSPS) is 15.2. The number of piperazine rings is 1. The van der Waals surface area contributed by atoms with Crippen molar-refractivity contribution in [3.05, 3.63) is 11.9 Å². The molecule has 21 heavy (non-hydrogen) atoms. The smallest absolute Gasteiger partial charge is 0.219 e. The van der Waals surface area contributed by atoms with Crippen LogP contribution in [0.5, 0.6) is 0 Å². The number of aromatic nitrogens is 2. The molecular formula is C15H25N5O. The van der Waals surface area contributed by atoms with E-state index in [1.54, 1.807) is 6.92 Å². The number of amides is 1. The predicted molar refractivity (Wildman–Crippen MR) is 84.8 cm³/mol. The lowest BCUT2D eigenvalue weighted by molar-refractivity contribution is -0.129. The molecule has 1 aromatic rings. The third kappa shape index (κ3) is 3.62. The number of hydrogen-bond donors (Lipinski definition) is 0. The molecule has 2 heterocycles. The van der Waals surface area contributed by atoms with Gasteiger partial charge in [0.15, 0.2) is 0 Å². The first-order valence-corrected chi connectivity index (χ1v) is 7.66. The van der Waals surface area contributed by atoms with Crippen LogP contribution >= 0.6 is 0 Å². The lowest BCUT2D eigenvalue weighted by Crippen LogP contribution is -2.48. The molecule has 0 aromatic carbocycles. The molecular weight excluding hydrogens is 266 g/mol. The standard InChI is InChI=1S/C15H25N5O/c1-5-18(6-2)14-11-15(17-12(3)16-14)20-9-7-19(8-10-20)13(4)21/h11H,5-10H2,1-4H3. The summed E-state index contributed by atoms with van der Waals surface area (Å²) in [6.07, 6.45) is 0. The average Bonchev–Trinajstić information content (AvgIpc) is 2.48. The van der Waals surface area contributed by atoms with Crippen LogP contribution in [0, 0.1) is 6.92 Å². The van der Waals surface area contributed by atoms with Crippen molar-refractivity contribution in [3.8, 4) is 0 Å². The fraction of sp³-hybridized carbons (Fsp3) is 0.667. The van der Waals surface area contributed by atoms with Gasteiger partial charge >= 0.3 is 0 Å². The van der Waals surface area contributed by atoms with Crippen LogP contribution in [0.3, 0.4) is 0 Å². The van der Waals surface area contributed by atoms with Crippen molar-refractivity contribution < 1.29 is 4.79 Å². The number of carbonyl (C=O) groups excluding carboxylic acids is 1. The van der Waals surface area contributed by atoms with E-state index >= 15 is 0 Å². The third-order valence-electron chi connectivity index (χ3n) is 3.95. The molecule has 116 valence electrons. The van der Waals surface area contributed by atoms with E-state index in [-0.39, 0.29) is 5.91 Å². The Hall–Kier alpha value is -1.85. The quantitative estimate of drug-likeness (QED) is 0.837. The Morgan fingerprint density at radius 3 is 2.33 bits per heavy atom. The monoisotopic (exact) mass is 291 g/mol. The molecule has 0 aliphatic carbocycles. The molecule has 1 aliphatic heterocycles. The maximum atomic E-state index is 11.4. The van der Waals surface area contributed by atoms with Gasteiger partial charge < -0.3 is 14.7 Å². The molecule has 0 atom stereocenters. The molecule has 1 aromatic heterocycles. The minimum Gasteiger partial charge on any atom is -0.357 e. The van der Waals surface area contributed by atoms with E-state index in [0.29, 0.717) is 0 Å². The second-order valence-electron chi connectivity index (χ2n) is 5.30. The van der Waals surface area contributed by atoms with Crippen molar-refractivity contribution in [2.24, 2.45) is 0 Å². The number of nitrogens with zero attached hydrogens (tertiary/aromatic N) is 5. The highest BCUT2D eigenvalue weighted by molar-refractivity contribution is 5.73. The number of anilines is 2. The number of rotatable bonds is 4. The highest BCUT2D eigenvalue weighted by Crippen LogP contribution is 2.20. The van der Waals surface area contributed by atoms with Crippen LogP contribution in [0.1, 0.15) is 26.6 Å². The molecule has 1 fully saturated rings. The largest absolute Gasteiger partial charge is 0.357 e. The first kappa shape index (κ1) is 15.5. The summed E-state index contributed by atoms with van der Waals surface area (Å²) in [7, 11) is 0. The Morgan fingerprint density at radius 2 is 1.81 bits per heavy atom. The van der Waals surface area contributed by atoms with E-state index in [2.05, 4.69) is 39.7 Å². The van der Waals surface area contributed by atoms with Crippen LogP contribution in [0.4, 0.5) is 11.6 Å². The second-order valence-corrected chi connectivity index (χ2v) is 5.30. The summed E-state index contributed by atoms with van der Waals surface area (Å²) in [4.78, 5) is 26.8. The Bertz CT molecular complexity index is 493. The zero-order chi connectivity index (χ0) is 15.4. The van der Waals surface area contributed by atoms with Crippen LogP contribution in [0.2, 0.25) is 0 Å². The Kier molecular flexibility index (Phi) is 4.98. The van der Waals surface area contributed by atoms with Gasteiger partial charge in [-0.15, -0.1) is 0 Å². The first-order valence-electron chi connectivity index (χ1n) is 7.66. The first-order chi connectivity index (χ1) is 10.0. The summed E-state index contributed by atoms with van der Waals surface area (Å²) >= 11 is 0. The average molecular weight is 291 g/mol. The molecule has 1 saturated heterocycles. The molecule has 0 saturated carbocycles. The maximum Gasteiger partial charge on any atom is 0.219 e. The van der Waals surface area contributed by atoms with Crippen molar-refractivity contribution in [2.45, 2.75) is 27.7 Å². The van der Waals surface area contributed by atoms with E-state index in [4.69, 9.17) is 0 Å². The molecule has 0 unspecified atom stereocenters. The number of carbonyl (C=O) groups is 1. The highest BCUT2D eigenvalue weighted by Gasteiger charge is 2.20. The summed E-state index contributed by atoms with van der Waals surface area (Å²) < 4.78 is 0. The zero-order valence-corrected chi connectivity index (χ0v) is 13.5. The SMILES string of the molecule is CCN(CC)c1cc(N2CCN(C(C)=O)CC2)nc(C)n1. The topological polar surface area (TPSA) is 52.6 Å². The van der Waals surface area contributed by atoms with Crippen LogP contribution < -0.4 is 9.80 Å². The van der Waals surface area contributed by atoms with Crippen LogP contribution in [0.15, 0.2) is 6.07 Å². The second kappa shape index (κ2) is 6.74. The van der Waals surface area contributed by atoms with Gasteiger partial charge in [-0.3, -0.25) is 4.79 Å². The maximum absolute atomic E-state index is 11.4. The minimum atomic E-state index is 0.150. The van der Waals surface area contributed by atoms with Gasteiger partial charge in [0.05, 0.1) is 0 Å². The molecule has 6 nitrogen and oxygen atoms in total. The van der Waals surface area contributed by atoms with Gasteiger partial charge in [0.2, 0.25) is 5.91 Å². The fourth-order valence-corrected chi connectivity index (χ4v) is 2.66. The zero-order valence-electron chi connectivity index (χ0n) is 13.5. The molecule has 1 aliphatic rings. The molecule has 2 rings (SSSR count). The molecule has 0 radical (unpaired) electrons. The summed E-state index contributed by atoms with van der Waals surface area (Å²) in [5.74, 6) is 2.89. The lowest BCUT2D eigenvalue weighted by atomic mass is 10.3. The van der Waals surface area contributed by atoms with Gasteiger partial charge in [-0.2, -0.15) is 0 Å². The summed E-state index contributed by atoms with van der Waals surface area (Å²) in [6, 6.07) is 2.06. The highest BCUT2D eigenvalue weighted by atomic mass is 16.2. The fourth-order valence-electron chi connectivity index (χ4n) is 2.66. The number of hydrogen-bond acceptors (Lipinski definition) is 5. The summed E-state index contributed by atoms with van der Waals surface area (Å²) in [5, 5.41) is 0. The van der Waals surface area contributed by atoms with Gasteiger partial charge in [0.25, 0.3) is 0 Å². The van der Waals surface area contributed by atoms with E-state index in [1.807, 2.05) is 11.8 Å². The molecule has 1 amide bonds. The van der Waals surface area contributed by atoms with Gasteiger partial charge in [-0.05, 0) is 20.8 Å². The summed E-state index contributed by atoms with van der Waals surface area (Å²) in [5.41, 5.74) is 0. The summed E-state index contributed by atoms with van der Waals surface area (Å²) in [6.45, 7) is 12.9. The van der Waals surface area contributed by atoms with Crippen molar-refractivity contribution >= 4 is 17.5 Å². The lowest BCUT2D eigenvalue weighted by Gasteiger charge is -2.35. The minimum absolute atomic E-state index is 0.150. The molecule has 6 heteroatoms. The van der Waals surface area contributed by atoms with Crippen LogP contribution in [-0.4, -0.2) is 60.0 Å². The number of aryl methyl sites for hydroxylation is 1. The predicted octanol–water partition coefficient (Wildman–Crippen LogP) is 1.30. The van der Waals surface area contributed by atoms with Gasteiger partial charge in [0, 0.05) is 52.3 Å². The Morgan fingerprint density at radius 1 is 1.19 bits per heavy atom. The Balaban J connectivity index is 2.15. The van der Waals surface area contributed by atoms with Gasteiger partial charge in [-0.25, -0.2) is 9.97 Å². The third-order valence-corrected chi connectivity index (χ3v) is 3.95. The van der Waals surface area contributed by atoms with Gasteiger partial charge in [-0.1, -0.05) is 0 Å². The van der Waals surface area contributed by atoms with E-state index < -0.39 is 0 Å². The molecule has 0 spiro atoms. The van der Waals surface area contributed by atoms with Gasteiger partial charge in [0.1, 0.15) is 17.5 Å². The van der Waals surface area contributed by atoms with Crippen molar-refractivity contribution in [3.63, 3.8) is 0 Å². The van der Waals surface area contributed by atoms with Crippen molar-refractivity contribution in [1.29, 1.82) is 0 Å². The van der Waals surface area contributed by atoms with Crippen LogP contribution in [0.25, 0.3) is 0 Å². The molecule has 0 bridgehead atoms. The Labute approximate surface area is 126 Å². The van der Waals surface area contributed by atoms with E-state index in [9.17, 15) is 4.79 Å². The van der Waals surface area contributed by atoms with Crippen molar-refractivity contribution in [2.75, 3.05) is 49.1 Å². The van der Waals surface area contributed by atoms with Crippen LogP contribution in [-0.2, 0) is 4.79 Å². The molecule has 0 N–H and O–H groups in total. The van der Waals surface area contributed by atoms with Crippen molar-refractivity contribution in [1.82, 2.24) is 14.9 Å².